The Kier molecular flexibility index (Phi) is 5.42. The summed E-state index contributed by atoms with van der Waals surface area (Å²) in [6, 6.07) is 3.69. The van der Waals surface area contributed by atoms with Gasteiger partial charge in [0.05, 0.1) is 31.1 Å². The molecule has 8 heteroatoms. The number of nitrogens with one attached hydrogen (secondary N) is 1. The summed E-state index contributed by atoms with van der Waals surface area (Å²) >= 11 is 0. The molecule has 1 atom stereocenters. The van der Waals surface area contributed by atoms with Crippen molar-refractivity contribution in [3.63, 3.8) is 0 Å². The number of nitrogen functional groups attached to an aromatic ring is 1. The number of nitrogens with two attached hydrogens (primary N) is 1. The standard InChI is InChI=1S/C13H18F3N3O2/c1-8(19(2)7-13(14,15)16)12(20)18-11-5-4-9(21-3)6-10(11)17/h4-6,8H,7,17H2,1-3H3,(H,18,20). The third-order valence-corrected chi connectivity index (χ3v) is 2.99. The normalized spacial score (nSPS) is 13.1. The fraction of sp³-hybridized carbons (Fsp3) is 0.462. The number of anilines is 2. The summed E-state index contributed by atoms with van der Waals surface area (Å²) in [6.07, 6.45) is -4.36. The van der Waals surface area contributed by atoms with Crippen LogP contribution in [0, 0.1) is 0 Å². The lowest BCUT2D eigenvalue weighted by Gasteiger charge is -2.25. The molecule has 0 aliphatic carbocycles. The first-order valence-electron chi connectivity index (χ1n) is 6.15. The number of halogens is 3. The molecule has 3 N–H and O–H groups in total. The highest BCUT2D eigenvalue weighted by atomic mass is 19.4. The Morgan fingerprint density at radius 2 is 2.10 bits per heavy atom. The van der Waals surface area contributed by atoms with Gasteiger partial charge in [-0.15, -0.1) is 0 Å². The molecule has 118 valence electrons. The van der Waals surface area contributed by atoms with Gasteiger partial charge in [-0.1, -0.05) is 0 Å². The minimum absolute atomic E-state index is 0.272. The zero-order chi connectivity index (χ0) is 16.2. The van der Waals surface area contributed by atoms with Crippen molar-refractivity contribution in [3.05, 3.63) is 18.2 Å². The largest absolute Gasteiger partial charge is 0.497 e. The molecule has 0 aliphatic rings. The first kappa shape index (κ1) is 17.1. The topological polar surface area (TPSA) is 67.6 Å². The minimum atomic E-state index is -4.36. The lowest BCUT2D eigenvalue weighted by Crippen LogP contribution is -2.44. The van der Waals surface area contributed by atoms with Crippen molar-refractivity contribution in [2.45, 2.75) is 19.1 Å². The summed E-state index contributed by atoms with van der Waals surface area (Å²) in [5, 5.41) is 2.50. The fourth-order valence-corrected chi connectivity index (χ4v) is 1.64. The van der Waals surface area contributed by atoms with E-state index in [0.717, 1.165) is 4.90 Å². The van der Waals surface area contributed by atoms with Gasteiger partial charge in [0.15, 0.2) is 0 Å². The molecular formula is C13H18F3N3O2. The molecule has 1 aromatic carbocycles. The van der Waals surface area contributed by atoms with Crippen LogP contribution in [0.5, 0.6) is 5.75 Å². The van der Waals surface area contributed by atoms with Crippen molar-refractivity contribution in [2.24, 2.45) is 0 Å². The smallest absolute Gasteiger partial charge is 0.401 e. The zero-order valence-corrected chi connectivity index (χ0v) is 12.0. The van der Waals surface area contributed by atoms with Crippen LogP contribution < -0.4 is 15.8 Å². The van der Waals surface area contributed by atoms with Crippen LogP contribution in [0.2, 0.25) is 0 Å². The highest BCUT2D eigenvalue weighted by molar-refractivity contribution is 5.97. The number of nitrogens with zero attached hydrogens (tertiary/aromatic N) is 1. The maximum absolute atomic E-state index is 12.3. The highest BCUT2D eigenvalue weighted by Crippen LogP contribution is 2.24. The van der Waals surface area contributed by atoms with Crippen molar-refractivity contribution in [1.82, 2.24) is 4.90 Å². The maximum atomic E-state index is 12.3. The number of carbonyl (C=O) groups is 1. The van der Waals surface area contributed by atoms with Crippen LogP contribution in [-0.2, 0) is 4.79 Å². The lowest BCUT2D eigenvalue weighted by atomic mass is 10.2. The fourth-order valence-electron chi connectivity index (χ4n) is 1.64. The minimum Gasteiger partial charge on any atom is -0.497 e. The van der Waals surface area contributed by atoms with E-state index in [0.29, 0.717) is 11.4 Å². The number of hydrogen-bond donors (Lipinski definition) is 2. The molecule has 0 fully saturated rings. The van der Waals surface area contributed by atoms with E-state index >= 15 is 0 Å². The third-order valence-electron chi connectivity index (χ3n) is 2.99. The predicted octanol–water partition coefficient (Wildman–Crippen LogP) is 2.10. The number of amides is 1. The number of hydrogen-bond acceptors (Lipinski definition) is 4. The SMILES string of the molecule is COc1ccc(NC(=O)C(C)N(C)CC(F)(F)F)c(N)c1. The van der Waals surface area contributed by atoms with E-state index in [-0.39, 0.29) is 5.69 Å². The van der Waals surface area contributed by atoms with Crippen LogP contribution in [0.1, 0.15) is 6.92 Å². The molecule has 21 heavy (non-hydrogen) atoms. The molecule has 1 rings (SSSR count). The van der Waals surface area contributed by atoms with E-state index in [1.54, 1.807) is 6.07 Å². The molecule has 0 aliphatic heterocycles. The van der Waals surface area contributed by atoms with Gasteiger partial charge in [0, 0.05) is 6.07 Å². The second kappa shape index (κ2) is 6.66. The Morgan fingerprint density at radius 1 is 1.48 bits per heavy atom. The Balaban J connectivity index is 2.72. The number of benzene rings is 1. The second-order valence-electron chi connectivity index (χ2n) is 4.65. The van der Waals surface area contributed by atoms with Crippen LogP contribution in [-0.4, -0.2) is 43.7 Å². The van der Waals surface area contributed by atoms with Crippen LogP contribution in [0.3, 0.4) is 0 Å². The van der Waals surface area contributed by atoms with Gasteiger partial charge in [0.2, 0.25) is 5.91 Å². The van der Waals surface area contributed by atoms with Gasteiger partial charge in [0.25, 0.3) is 0 Å². The number of rotatable bonds is 5. The van der Waals surface area contributed by atoms with Gasteiger partial charge in [-0.3, -0.25) is 9.69 Å². The van der Waals surface area contributed by atoms with Crippen LogP contribution in [0.4, 0.5) is 24.5 Å². The molecule has 1 unspecified atom stereocenters. The van der Waals surface area contributed by atoms with Crippen molar-refractivity contribution in [3.8, 4) is 5.75 Å². The molecule has 0 heterocycles. The second-order valence-corrected chi connectivity index (χ2v) is 4.65. The summed E-state index contributed by atoms with van der Waals surface area (Å²) in [5.41, 5.74) is 6.33. The monoisotopic (exact) mass is 305 g/mol. The Labute approximate surface area is 120 Å². The molecule has 0 aromatic heterocycles. The first-order valence-corrected chi connectivity index (χ1v) is 6.15. The Morgan fingerprint density at radius 3 is 2.57 bits per heavy atom. The Bertz CT molecular complexity index is 506. The van der Waals surface area contributed by atoms with E-state index in [2.05, 4.69) is 5.32 Å². The van der Waals surface area contributed by atoms with Gasteiger partial charge in [-0.25, -0.2) is 0 Å². The van der Waals surface area contributed by atoms with Gasteiger partial charge < -0.3 is 15.8 Å². The molecule has 0 bridgehead atoms. The van der Waals surface area contributed by atoms with Crippen LogP contribution in [0.15, 0.2) is 18.2 Å². The quantitative estimate of drug-likeness (QED) is 0.818. The summed E-state index contributed by atoms with van der Waals surface area (Å²) in [7, 11) is 2.70. The number of methoxy groups -OCH3 is 1. The van der Waals surface area contributed by atoms with Crippen molar-refractivity contribution in [2.75, 3.05) is 31.8 Å². The molecule has 0 radical (unpaired) electrons. The number of carbonyl (C=O) groups excluding carboxylic acids is 1. The van der Waals surface area contributed by atoms with Crippen LogP contribution >= 0.6 is 0 Å². The van der Waals surface area contributed by atoms with E-state index in [4.69, 9.17) is 10.5 Å². The summed E-state index contributed by atoms with van der Waals surface area (Å²) in [4.78, 5) is 12.9. The number of ether oxygens (including phenoxy) is 1. The first-order chi connectivity index (χ1) is 9.64. The molecule has 0 spiro atoms. The van der Waals surface area contributed by atoms with E-state index in [1.165, 1.54) is 33.2 Å². The van der Waals surface area contributed by atoms with E-state index in [1.807, 2.05) is 0 Å². The van der Waals surface area contributed by atoms with Crippen molar-refractivity contribution in [1.29, 1.82) is 0 Å². The highest BCUT2D eigenvalue weighted by Gasteiger charge is 2.32. The van der Waals surface area contributed by atoms with Crippen LogP contribution in [0.25, 0.3) is 0 Å². The number of alkyl halides is 3. The molecule has 0 saturated carbocycles. The average molecular weight is 305 g/mol. The van der Waals surface area contributed by atoms with Gasteiger partial charge >= 0.3 is 6.18 Å². The molecular weight excluding hydrogens is 287 g/mol. The van der Waals surface area contributed by atoms with Gasteiger partial charge in [-0.2, -0.15) is 13.2 Å². The summed E-state index contributed by atoms with van der Waals surface area (Å²) in [6.45, 7) is 0.223. The summed E-state index contributed by atoms with van der Waals surface area (Å²) in [5.74, 6) is -0.0497. The number of likely N-dealkylation sites (N-methyl/N-ethyl adjacent to an activating group) is 1. The van der Waals surface area contributed by atoms with Gasteiger partial charge in [0.1, 0.15) is 5.75 Å². The molecule has 5 nitrogen and oxygen atoms in total. The molecule has 1 aromatic rings. The lowest BCUT2D eigenvalue weighted by molar-refractivity contribution is -0.149. The van der Waals surface area contributed by atoms with E-state index < -0.39 is 24.7 Å². The molecule has 1 amide bonds. The predicted molar refractivity (Wildman–Crippen MR) is 74.2 cm³/mol. The zero-order valence-electron chi connectivity index (χ0n) is 12.0. The van der Waals surface area contributed by atoms with Crippen molar-refractivity contribution < 1.29 is 22.7 Å². The summed E-state index contributed by atoms with van der Waals surface area (Å²) < 4.78 is 41.9. The third kappa shape index (κ3) is 5.14. The van der Waals surface area contributed by atoms with Gasteiger partial charge in [-0.05, 0) is 26.1 Å². The molecule has 0 saturated heterocycles. The van der Waals surface area contributed by atoms with E-state index in [9.17, 15) is 18.0 Å². The Hall–Kier alpha value is -1.96. The van der Waals surface area contributed by atoms with Crippen molar-refractivity contribution >= 4 is 17.3 Å². The average Bonchev–Trinajstić information content (AvgIpc) is 2.38. The maximum Gasteiger partial charge on any atom is 0.401 e.